The minimum atomic E-state index is -2.79. The summed E-state index contributed by atoms with van der Waals surface area (Å²) in [4.78, 5) is 51.2. The van der Waals surface area contributed by atoms with Gasteiger partial charge in [-0.2, -0.15) is 0 Å². The van der Waals surface area contributed by atoms with Crippen molar-refractivity contribution in [3.63, 3.8) is 0 Å². The molecule has 0 amide bonds. The van der Waals surface area contributed by atoms with Crippen LogP contribution < -0.4 is 29.3 Å². The Morgan fingerprint density at radius 1 is 0.533 bits per heavy atom. The van der Waals surface area contributed by atoms with E-state index in [9.17, 15) is 29.4 Å². The number of aliphatic hydroxyl groups is 1. The number of methoxy groups -OCH3 is 6. The second kappa shape index (κ2) is 39.5. The number of carbonyl (C=O) groups excluding carboxylic acids is 3. The molecule has 2 heterocycles. The average Bonchev–Trinajstić information content (AvgIpc) is 1.70. The third-order valence-electron chi connectivity index (χ3n) is 18.1. The SMILES string of the molecule is COC(=O)c1cc(OC)cc(/C=C/C[C@@H]2OC(C)(C)O[C@@H]2C(/C=C\C[C@@H](C)O[Si](c2ccccc2)(c2ccccc2)C(C)(C)C)OCc2ccc(OC)cc2)c1C(=O)OCC[Si](C)(C)C.COC(=O)c1cc(OC)cc(/C=C/C[C@@H]2OC(C)(C)O[C@@H]2C(/C=C\C[C@H](C)O)OCc2ccc(OC)cc2)c1C(=O)O. The second-order valence-electron chi connectivity index (χ2n) is 29.6. The molecule has 2 saturated heterocycles. The van der Waals surface area contributed by atoms with Gasteiger partial charge in [-0.15, -0.1) is 0 Å². The highest BCUT2D eigenvalue weighted by Gasteiger charge is 2.51. The van der Waals surface area contributed by atoms with Gasteiger partial charge < -0.3 is 76.2 Å². The van der Waals surface area contributed by atoms with Gasteiger partial charge in [0, 0.05) is 14.2 Å². The zero-order chi connectivity index (χ0) is 78.3. The maximum atomic E-state index is 13.7. The molecule has 578 valence electrons. The summed E-state index contributed by atoms with van der Waals surface area (Å²) in [5.41, 5.74) is 2.53. The van der Waals surface area contributed by atoms with E-state index in [1.807, 2.05) is 94.5 Å². The molecule has 2 N–H and O–H groups in total. The molecule has 0 radical (unpaired) electrons. The van der Waals surface area contributed by atoms with Crippen molar-refractivity contribution in [2.45, 2.75) is 192 Å². The maximum Gasteiger partial charge on any atom is 0.339 e. The Balaban J connectivity index is 0.000000328. The predicted molar refractivity (Wildman–Crippen MR) is 420 cm³/mol. The maximum absolute atomic E-state index is 13.7. The lowest BCUT2D eigenvalue weighted by Gasteiger charge is -2.44. The normalized spacial score (nSPS) is 18.3. The summed E-state index contributed by atoms with van der Waals surface area (Å²) in [6.07, 6.45) is 13.2. The van der Waals surface area contributed by atoms with Crippen molar-refractivity contribution >= 4 is 62.8 Å². The summed E-state index contributed by atoms with van der Waals surface area (Å²) in [6.45, 7) is 25.6. The van der Waals surface area contributed by atoms with Crippen LogP contribution in [0.4, 0.5) is 0 Å². The van der Waals surface area contributed by atoms with E-state index in [-0.39, 0.29) is 45.6 Å². The van der Waals surface area contributed by atoms with E-state index < -0.39 is 94.6 Å². The van der Waals surface area contributed by atoms with Crippen molar-refractivity contribution in [3.8, 4) is 23.0 Å². The highest BCUT2D eigenvalue weighted by Crippen LogP contribution is 2.40. The van der Waals surface area contributed by atoms with Crippen molar-refractivity contribution in [2.75, 3.05) is 49.3 Å². The van der Waals surface area contributed by atoms with Gasteiger partial charge in [-0.1, -0.05) is 174 Å². The zero-order valence-corrected chi connectivity index (χ0v) is 67.3. The number of hydrogen-bond acceptors (Lipinski definition) is 19. The first-order chi connectivity index (χ1) is 50.8. The van der Waals surface area contributed by atoms with Crippen molar-refractivity contribution in [3.05, 3.63) is 214 Å². The lowest BCUT2D eigenvalue weighted by Crippen LogP contribution is -2.67. The molecule has 0 aliphatic carbocycles. The highest BCUT2D eigenvalue weighted by molar-refractivity contribution is 6.99. The molecule has 2 fully saturated rings. The molecule has 2 aliphatic heterocycles. The molecule has 2 aliphatic rings. The molecule has 6 aromatic carbocycles. The van der Waals surface area contributed by atoms with Gasteiger partial charge in [0.25, 0.3) is 8.32 Å². The summed E-state index contributed by atoms with van der Waals surface area (Å²) >= 11 is 0. The lowest BCUT2D eigenvalue weighted by molar-refractivity contribution is -0.156. The van der Waals surface area contributed by atoms with Crippen LogP contribution in [-0.2, 0) is 60.3 Å². The average molecular weight is 1510 g/mol. The van der Waals surface area contributed by atoms with E-state index in [0.717, 1.165) is 28.7 Å². The van der Waals surface area contributed by atoms with Crippen LogP contribution in [0.5, 0.6) is 23.0 Å². The lowest BCUT2D eigenvalue weighted by atomic mass is 9.98. The van der Waals surface area contributed by atoms with Gasteiger partial charge in [-0.25, -0.2) is 19.2 Å². The van der Waals surface area contributed by atoms with Gasteiger partial charge in [-0.05, 0) is 159 Å². The molecular weight excluding hydrogens is 1400 g/mol. The van der Waals surface area contributed by atoms with E-state index in [2.05, 4.69) is 120 Å². The highest BCUT2D eigenvalue weighted by atomic mass is 28.4. The van der Waals surface area contributed by atoms with Crippen LogP contribution in [0.25, 0.3) is 12.2 Å². The summed E-state index contributed by atoms with van der Waals surface area (Å²) in [6, 6.07) is 43.6. The largest absolute Gasteiger partial charge is 0.497 e. The van der Waals surface area contributed by atoms with Crippen LogP contribution in [0.15, 0.2) is 170 Å². The molecular formula is C85H110O20Si2. The summed E-state index contributed by atoms with van der Waals surface area (Å²) in [5.74, 6) is -2.92. The van der Waals surface area contributed by atoms with Gasteiger partial charge in [0.2, 0.25) is 0 Å². The molecule has 0 bridgehead atoms. The summed E-state index contributed by atoms with van der Waals surface area (Å²) in [5, 5.41) is 21.9. The van der Waals surface area contributed by atoms with Crippen LogP contribution in [0.2, 0.25) is 30.7 Å². The van der Waals surface area contributed by atoms with E-state index >= 15 is 0 Å². The van der Waals surface area contributed by atoms with Crippen molar-refractivity contribution in [1.82, 2.24) is 0 Å². The number of carboxylic acids is 1. The minimum Gasteiger partial charge on any atom is -0.497 e. The quantitative estimate of drug-likeness (QED) is 0.0163. The number of hydrogen-bond donors (Lipinski definition) is 2. The van der Waals surface area contributed by atoms with E-state index in [1.165, 1.54) is 50.9 Å². The molecule has 0 spiro atoms. The molecule has 8 rings (SSSR count). The topological polar surface area (TPSA) is 238 Å². The molecule has 6 aromatic rings. The Morgan fingerprint density at radius 2 is 0.944 bits per heavy atom. The molecule has 22 heteroatoms. The van der Waals surface area contributed by atoms with E-state index in [1.54, 1.807) is 51.5 Å². The minimum absolute atomic E-state index is 0.0641. The number of rotatable bonds is 35. The Labute approximate surface area is 634 Å². The third-order valence-corrected chi connectivity index (χ3v) is 25.0. The van der Waals surface area contributed by atoms with Crippen molar-refractivity contribution in [1.29, 1.82) is 0 Å². The van der Waals surface area contributed by atoms with Crippen LogP contribution >= 0.6 is 0 Å². The standard InChI is InChI=1S/C53H70O10Si2.C32H40O10/c1-38(63-65(52(2,3)4,43-23-15-13-16-24-43)44-25-17-14-18-26-44)21-19-27-46(60-37-39-29-31-41(56-7)32-30-39)49-47(61-53(5,6)62-49)28-20-22-40-35-42(57-8)36-45(50(54)58-9)48(40)51(55)59-33-34-64(10,11)12;1-20(33)9-7-11-26(40-19-21-13-15-23(37-4)16-14-21)29-27(41-32(2,3)42-29)12-8-10-22-17-24(38-5)18-25(31(36)39-6)28(22)30(34)35/h13-20,22-27,29-32,35-36,38,46-47,49H,21,28,33-34,37H2,1-12H3;7-8,10-11,13-18,20,26-27,29,33H,9,12,19H2,1-6H3,(H,34,35)/b22-20+,27-19-;10-8+,11-7-/t38-,46?,47+,49-;20-,26?,27-,29+/m10/s1. The smallest absolute Gasteiger partial charge is 0.339 e. The number of carboxylic acid groups (broad SMARTS) is 1. The van der Waals surface area contributed by atoms with Gasteiger partial charge in [-0.3, -0.25) is 0 Å². The fourth-order valence-electron chi connectivity index (χ4n) is 12.8. The Hall–Kier alpha value is -8.53. The fraction of sp³-hybridized carbons (Fsp3) is 0.435. The number of esters is 3. The zero-order valence-electron chi connectivity index (χ0n) is 65.3. The third kappa shape index (κ3) is 24.5. The van der Waals surface area contributed by atoms with Gasteiger partial charge in [0.1, 0.15) is 47.4 Å². The Morgan fingerprint density at radius 3 is 1.33 bits per heavy atom. The first kappa shape index (κ1) is 85.7. The molecule has 0 aromatic heterocycles. The summed E-state index contributed by atoms with van der Waals surface area (Å²) in [7, 11) is 4.37. The number of benzene rings is 6. The Bertz CT molecular complexity index is 3930. The number of ether oxygens (including phenoxy) is 13. The van der Waals surface area contributed by atoms with Gasteiger partial charge in [0.05, 0.1) is 103 Å². The van der Waals surface area contributed by atoms with Crippen LogP contribution in [0.3, 0.4) is 0 Å². The number of carbonyl (C=O) groups is 4. The number of aromatic carboxylic acids is 1. The molecule has 2 unspecified atom stereocenters. The van der Waals surface area contributed by atoms with Crippen LogP contribution in [0.1, 0.15) is 152 Å². The Kier molecular flexibility index (Phi) is 31.7. The number of aliphatic hydroxyl groups excluding tert-OH is 1. The molecule has 20 nitrogen and oxygen atoms in total. The van der Waals surface area contributed by atoms with Gasteiger partial charge in [0.15, 0.2) is 11.6 Å². The van der Waals surface area contributed by atoms with Crippen molar-refractivity contribution < 1.29 is 95.4 Å². The van der Waals surface area contributed by atoms with Gasteiger partial charge >= 0.3 is 23.9 Å². The van der Waals surface area contributed by atoms with E-state index in [4.69, 9.17) is 66.0 Å². The van der Waals surface area contributed by atoms with Crippen LogP contribution in [0, 0.1) is 0 Å². The van der Waals surface area contributed by atoms with E-state index in [0.29, 0.717) is 56.0 Å². The first-order valence-electron chi connectivity index (χ1n) is 36.1. The first-order valence-corrected chi connectivity index (χ1v) is 41.7. The van der Waals surface area contributed by atoms with Crippen molar-refractivity contribution in [2.24, 2.45) is 0 Å². The second-order valence-corrected chi connectivity index (χ2v) is 39.5. The monoisotopic (exact) mass is 1510 g/mol. The van der Waals surface area contributed by atoms with Crippen LogP contribution in [-0.4, -0.2) is 160 Å². The molecule has 8 atom stereocenters. The predicted octanol–water partition coefficient (Wildman–Crippen LogP) is 15.4. The summed E-state index contributed by atoms with van der Waals surface area (Å²) < 4.78 is 83.3. The molecule has 0 saturated carbocycles. The molecule has 107 heavy (non-hydrogen) atoms. The fourth-order valence-corrected chi connectivity index (χ4v) is 18.2.